The highest BCUT2D eigenvalue weighted by Crippen LogP contribution is 2.38. The Morgan fingerprint density at radius 3 is 2.95 bits per heavy atom. The van der Waals surface area contributed by atoms with Gasteiger partial charge in [-0.25, -0.2) is 4.79 Å². The third-order valence-electron chi connectivity index (χ3n) is 3.06. The third kappa shape index (κ3) is 3.69. The number of aromatic amines is 1. The molecule has 1 aromatic rings. The number of hydrogen-bond acceptors (Lipinski definition) is 8. The van der Waals surface area contributed by atoms with E-state index in [0.29, 0.717) is 6.20 Å². The molecule has 2 heterocycles. The molecule has 0 amide bonds. The fourth-order valence-corrected chi connectivity index (χ4v) is 2.36. The van der Waals surface area contributed by atoms with Crippen molar-refractivity contribution >= 4 is 7.82 Å². The van der Waals surface area contributed by atoms with Gasteiger partial charge in [-0.2, -0.15) is 4.39 Å². The first-order chi connectivity index (χ1) is 10.2. The van der Waals surface area contributed by atoms with Crippen LogP contribution >= 0.6 is 7.82 Å². The zero-order chi connectivity index (χ0) is 16.5. The van der Waals surface area contributed by atoms with Crippen LogP contribution in [0.4, 0.5) is 4.39 Å². The Labute approximate surface area is 122 Å². The predicted molar refractivity (Wildman–Crippen MR) is 66.4 cm³/mol. The molecule has 2 N–H and O–H groups in total. The van der Waals surface area contributed by atoms with Gasteiger partial charge in [0.1, 0.15) is 12.3 Å². The van der Waals surface area contributed by atoms with Gasteiger partial charge in [-0.1, -0.05) is 0 Å². The minimum Gasteiger partial charge on any atom is -0.756 e. The van der Waals surface area contributed by atoms with Crippen LogP contribution in [0.3, 0.4) is 0 Å². The monoisotopic (exact) mass is 339 g/mol. The lowest BCUT2D eigenvalue weighted by Crippen LogP contribution is -2.34. The van der Waals surface area contributed by atoms with E-state index >= 15 is 0 Å². The summed E-state index contributed by atoms with van der Waals surface area (Å²) in [7, 11) is -3.58. The maximum atomic E-state index is 13.2. The number of nitrogens with zero attached hydrogens (tertiary/aromatic N) is 1. The second kappa shape index (κ2) is 6.41. The summed E-state index contributed by atoms with van der Waals surface area (Å²) in [6.45, 7) is -0.535. The van der Waals surface area contributed by atoms with E-state index in [1.807, 2.05) is 0 Å². The van der Waals surface area contributed by atoms with Gasteiger partial charge in [0.15, 0.2) is 0 Å². The molecule has 2 rings (SSSR count). The van der Waals surface area contributed by atoms with Crippen molar-refractivity contribution in [2.45, 2.75) is 24.9 Å². The quantitative estimate of drug-likeness (QED) is 0.614. The summed E-state index contributed by atoms with van der Waals surface area (Å²) < 4.78 is 38.8. The highest BCUT2D eigenvalue weighted by molar-refractivity contribution is 7.45. The topological polar surface area (TPSA) is 143 Å². The smallest absolute Gasteiger partial charge is 0.330 e. The van der Waals surface area contributed by atoms with Gasteiger partial charge in [0, 0.05) is 13.5 Å². The van der Waals surface area contributed by atoms with Crippen molar-refractivity contribution in [3.63, 3.8) is 0 Å². The Bertz CT molecular complexity index is 703. The number of nitrogens with one attached hydrogen (secondary N) is 1. The van der Waals surface area contributed by atoms with Gasteiger partial charge >= 0.3 is 5.69 Å². The van der Waals surface area contributed by atoms with E-state index in [1.165, 1.54) is 0 Å². The number of phosphoric ester groups is 1. The van der Waals surface area contributed by atoms with Crippen molar-refractivity contribution in [1.29, 1.82) is 0 Å². The summed E-state index contributed by atoms with van der Waals surface area (Å²) in [6, 6.07) is 0. The van der Waals surface area contributed by atoms with Gasteiger partial charge in [-0.15, -0.1) is 0 Å². The molecule has 1 aliphatic heterocycles. The van der Waals surface area contributed by atoms with Crippen molar-refractivity contribution in [3.05, 3.63) is 32.9 Å². The summed E-state index contributed by atoms with van der Waals surface area (Å²) >= 11 is 0. The van der Waals surface area contributed by atoms with Crippen LogP contribution in [0.1, 0.15) is 12.6 Å². The van der Waals surface area contributed by atoms with Crippen molar-refractivity contribution in [2.24, 2.45) is 0 Å². The van der Waals surface area contributed by atoms with Crippen molar-refractivity contribution in [1.82, 2.24) is 9.55 Å². The molecule has 0 aromatic carbocycles. The average Bonchev–Trinajstić information content (AvgIpc) is 2.82. The fourth-order valence-electron chi connectivity index (χ4n) is 1.93. The zero-order valence-electron chi connectivity index (χ0n) is 11.3. The molecule has 1 fully saturated rings. The van der Waals surface area contributed by atoms with Crippen LogP contribution in [0, 0.1) is 5.82 Å². The number of hydrogen-bond donors (Lipinski definition) is 2. The van der Waals surface area contributed by atoms with Crippen LogP contribution in [-0.4, -0.2) is 40.6 Å². The SMILES string of the molecule is COP(=O)([O-])OC[C@H]1O[C@@H](n2cc(F)c(=O)[nH]c2=O)C[C@H]1O. The summed E-state index contributed by atoms with van der Waals surface area (Å²) in [4.78, 5) is 35.3. The molecule has 1 saturated heterocycles. The number of aliphatic hydroxyl groups is 1. The Morgan fingerprint density at radius 2 is 2.32 bits per heavy atom. The number of rotatable bonds is 5. The molecule has 22 heavy (non-hydrogen) atoms. The first kappa shape index (κ1) is 17.0. The molecule has 0 aliphatic carbocycles. The van der Waals surface area contributed by atoms with Crippen LogP contribution in [0.2, 0.25) is 0 Å². The molecule has 0 saturated carbocycles. The van der Waals surface area contributed by atoms with E-state index in [0.717, 1.165) is 11.7 Å². The molecule has 0 bridgehead atoms. The molecule has 0 spiro atoms. The summed E-state index contributed by atoms with van der Waals surface area (Å²) in [5.41, 5.74) is -2.09. The molecule has 12 heteroatoms. The number of ether oxygens (including phenoxy) is 1. The Kier molecular flexibility index (Phi) is 4.95. The van der Waals surface area contributed by atoms with Crippen LogP contribution in [0.5, 0.6) is 0 Å². The lowest BCUT2D eigenvalue weighted by Gasteiger charge is -2.23. The van der Waals surface area contributed by atoms with Gasteiger partial charge in [0.05, 0.1) is 18.9 Å². The highest BCUT2D eigenvalue weighted by Gasteiger charge is 2.36. The van der Waals surface area contributed by atoms with Crippen LogP contribution in [0.15, 0.2) is 15.8 Å². The number of aromatic nitrogens is 2. The van der Waals surface area contributed by atoms with E-state index in [2.05, 4.69) is 9.05 Å². The Balaban J connectivity index is 2.11. The second-order valence-corrected chi connectivity index (χ2v) is 6.02. The molecule has 4 atom stereocenters. The average molecular weight is 339 g/mol. The largest absolute Gasteiger partial charge is 0.756 e. The van der Waals surface area contributed by atoms with Crippen molar-refractivity contribution in [2.75, 3.05) is 13.7 Å². The highest BCUT2D eigenvalue weighted by atomic mass is 31.2. The Hall–Kier alpha value is -1.36. The van der Waals surface area contributed by atoms with Gasteiger partial charge in [0.25, 0.3) is 13.4 Å². The first-order valence-electron chi connectivity index (χ1n) is 6.09. The summed E-state index contributed by atoms with van der Waals surface area (Å²) in [6.07, 6.45) is -2.76. The van der Waals surface area contributed by atoms with E-state index in [9.17, 15) is 28.5 Å². The van der Waals surface area contributed by atoms with E-state index in [1.54, 1.807) is 4.98 Å². The second-order valence-electron chi connectivity index (χ2n) is 4.50. The van der Waals surface area contributed by atoms with Gasteiger partial charge < -0.3 is 23.8 Å². The lowest BCUT2D eigenvalue weighted by molar-refractivity contribution is -0.226. The maximum absolute atomic E-state index is 13.2. The minimum absolute atomic E-state index is 0.116. The number of phosphoric acid groups is 1. The maximum Gasteiger partial charge on any atom is 0.330 e. The summed E-state index contributed by atoms with van der Waals surface area (Å²) in [5.74, 6) is -1.19. The molecular weight excluding hydrogens is 326 g/mol. The van der Waals surface area contributed by atoms with Gasteiger partial charge in [-0.3, -0.25) is 18.9 Å². The molecule has 0 radical (unpaired) electrons. The number of H-pyrrole nitrogens is 1. The normalized spacial score (nSPS) is 27.7. The van der Waals surface area contributed by atoms with Crippen LogP contribution in [-0.2, 0) is 18.3 Å². The molecule has 1 aliphatic rings. The molecule has 1 aromatic heterocycles. The zero-order valence-corrected chi connectivity index (χ0v) is 12.2. The molecule has 1 unspecified atom stereocenters. The first-order valence-corrected chi connectivity index (χ1v) is 7.55. The van der Waals surface area contributed by atoms with Crippen molar-refractivity contribution < 1.29 is 32.7 Å². The predicted octanol–water partition coefficient (Wildman–Crippen LogP) is -1.54. The van der Waals surface area contributed by atoms with Gasteiger partial charge in [0.2, 0.25) is 5.82 Å². The minimum atomic E-state index is -4.49. The standard InChI is InChI=1S/C10H14FN2O8P/c1-19-22(17,18)20-4-7-6(14)2-8(21-7)13-3-5(11)9(15)12-10(13)16/h3,6-8,14H,2,4H2,1H3,(H,17,18)(H,12,15,16)/p-1/t6-,7-,8-/m1/s1. The van der Waals surface area contributed by atoms with E-state index in [4.69, 9.17) is 4.74 Å². The molecular formula is C10H13FN2O8P-. The van der Waals surface area contributed by atoms with Crippen molar-refractivity contribution in [3.8, 4) is 0 Å². The molecule has 10 nitrogen and oxygen atoms in total. The van der Waals surface area contributed by atoms with Gasteiger partial charge in [-0.05, 0) is 0 Å². The fraction of sp³-hybridized carbons (Fsp3) is 0.600. The lowest BCUT2D eigenvalue weighted by atomic mass is 10.2. The van der Waals surface area contributed by atoms with Crippen LogP contribution < -0.4 is 16.1 Å². The van der Waals surface area contributed by atoms with E-state index in [-0.39, 0.29) is 6.42 Å². The van der Waals surface area contributed by atoms with E-state index < -0.39 is 49.9 Å². The summed E-state index contributed by atoms with van der Waals surface area (Å²) in [5, 5.41) is 9.79. The Morgan fingerprint density at radius 1 is 1.64 bits per heavy atom. The third-order valence-corrected chi connectivity index (χ3v) is 3.97. The number of aliphatic hydroxyl groups excluding tert-OH is 1. The molecule has 124 valence electrons. The van der Waals surface area contributed by atoms with Crippen LogP contribution in [0.25, 0.3) is 0 Å². The number of halogens is 1.